The minimum Gasteiger partial charge on any atom is -0.481 e. The van der Waals surface area contributed by atoms with Gasteiger partial charge in [0.25, 0.3) is 11.8 Å². The van der Waals surface area contributed by atoms with Crippen molar-refractivity contribution in [2.45, 2.75) is 51.4 Å². The van der Waals surface area contributed by atoms with E-state index in [1.807, 2.05) is 0 Å². The first-order valence-corrected chi connectivity index (χ1v) is 12.1. The van der Waals surface area contributed by atoms with Crippen molar-refractivity contribution in [2.24, 2.45) is 0 Å². The maximum absolute atomic E-state index is 13.0. The largest absolute Gasteiger partial charge is 0.481 e. The van der Waals surface area contributed by atoms with Gasteiger partial charge in [-0.2, -0.15) is 0 Å². The lowest BCUT2D eigenvalue weighted by Gasteiger charge is -2.16. The molecule has 10 nitrogen and oxygen atoms in total. The predicted octanol–water partition coefficient (Wildman–Crippen LogP) is 2.92. The van der Waals surface area contributed by atoms with E-state index in [1.165, 1.54) is 30.0 Å². The molecule has 0 aliphatic rings. The van der Waals surface area contributed by atoms with E-state index in [-0.39, 0.29) is 36.5 Å². The summed E-state index contributed by atoms with van der Waals surface area (Å²) in [5, 5.41) is 23.1. The lowest BCUT2D eigenvalue weighted by atomic mass is 10.1. The number of thioether (sulfide) groups is 1. The summed E-state index contributed by atoms with van der Waals surface area (Å²) in [6, 6.07) is 4.46. The van der Waals surface area contributed by atoms with E-state index in [2.05, 4.69) is 15.6 Å². The first-order valence-electron chi connectivity index (χ1n) is 11.0. The molecule has 0 spiro atoms. The predicted molar refractivity (Wildman–Crippen MR) is 136 cm³/mol. The Labute approximate surface area is 218 Å². The van der Waals surface area contributed by atoms with E-state index < -0.39 is 48.0 Å². The molecule has 0 aliphatic carbocycles. The number of hydrogen-bond acceptors (Lipinski definition) is 7. The first kappa shape index (κ1) is 31.2. The second-order valence-corrected chi connectivity index (χ2v) is 8.81. The molecule has 200 valence electrons. The summed E-state index contributed by atoms with van der Waals surface area (Å²) < 4.78 is 13.0. The molecule has 1 heterocycles. The highest BCUT2D eigenvalue weighted by molar-refractivity contribution is 7.99. The van der Waals surface area contributed by atoms with Gasteiger partial charge in [0.1, 0.15) is 11.9 Å². The number of carbonyl (C=O) groups is 5. The fourth-order valence-electron chi connectivity index (χ4n) is 3.09. The van der Waals surface area contributed by atoms with Crippen molar-refractivity contribution in [1.82, 2.24) is 15.6 Å². The van der Waals surface area contributed by atoms with Crippen molar-refractivity contribution in [1.29, 1.82) is 0 Å². The van der Waals surface area contributed by atoms with Crippen LogP contribution in [0.4, 0.5) is 4.39 Å². The van der Waals surface area contributed by atoms with Gasteiger partial charge in [0.05, 0.1) is 29.3 Å². The molecule has 4 N–H and O–H groups in total. The number of hydrogen-bond donors (Lipinski definition) is 4. The van der Waals surface area contributed by atoms with Gasteiger partial charge in [-0.05, 0) is 30.2 Å². The second kappa shape index (κ2) is 15.3. The Kier molecular flexibility index (Phi) is 12.9. The maximum atomic E-state index is 13.0. The number of ketones is 1. The molecule has 0 aliphatic heterocycles. The number of amides is 2. The van der Waals surface area contributed by atoms with E-state index in [0.29, 0.717) is 12.2 Å². The molecule has 2 atom stereocenters. The van der Waals surface area contributed by atoms with Gasteiger partial charge in [-0.1, -0.05) is 32.9 Å². The quantitative estimate of drug-likeness (QED) is 0.285. The van der Waals surface area contributed by atoms with Crippen molar-refractivity contribution in [3.05, 3.63) is 65.2 Å². The lowest BCUT2D eigenvalue weighted by molar-refractivity contribution is -0.140. The van der Waals surface area contributed by atoms with Gasteiger partial charge in [-0.15, -0.1) is 11.8 Å². The number of nitrogens with one attached hydrogen (secondary N) is 2. The first-order chi connectivity index (χ1) is 17.1. The Morgan fingerprint density at radius 2 is 1.54 bits per heavy atom. The molecule has 2 aromatic rings. The van der Waals surface area contributed by atoms with Gasteiger partial charge in [0.15, 0.2) is 5.78 Å². The smallest absolute Gasteiger partial charge is 0.326 e. The summed E-state index contributed by atoms with van der Waals surface area (Å²) in [6.45, 7) is 1.77. The van der Waals surface area contributed by atoms with E-state index in [9.17, 15) is 38.6 Å². The Morgan fingerprint density at radius 1 is 0.973 bits per heavy atom. The summed E-state index contributed by atoms with van der Waals surface area (Å²) in [7, 11) is 0. The molecule has 0 saturated carbocycles. The molecule has 0 fully saturated rings. The van der Waals surface area contributed by atoms with Crippen molar-refractivity contribution in [3.63, 3.8) is 0 Å². The molecule has 2 amide bonds. The Bertz CT molecular complexity index is 1110. The van der Waals surface area contributed by atoms with Crippen LogP contribution in [-0.4, -0.2) is 62.6 Å². The van der Waals surface area contributed by atoms with Gasteiger partial charge in [-0.25, -0.2) is 9.18 Å². The fourth-order valence-corrected chi connectivity index (χ4v) is 4.02. The van der Waals surface area contributed by atoms with Crippen LogP contribution in [0.15, 0.2) is 42.7 Å². The van der Waals surface area contributed by atoms with E-state index in [0.717, 1.165) is 18.0 Å². The topological polar surface area (TPSA) is 163 Å². The summed E-state index contributed by atoms with van der Waals surface area (Å²) in [5.41, 5.74) is 0.603. The minimum absolute atomic E-state index is 0. The molecular formula is C25H30FN3O7S. The number of pyridine rings is 1. The number of aliphatic carboxylic acids is 2. The second-order valence-electron chi connectivity index (χ2n) is 7.82. The molecule has 1 unspecified atom stereocenters. The summed E-state index contributed by atoms with van der Waals surface area (Å²) in [4.78, 5) is 64.1. The van der Waals surface area contributed by atoms with Crippen LogP contribution in [0, 0.1) is 5.82 Å². The molecule has 12 heteroatoms. The van der Waals surface area contributed by atoms with Crippen LogP contribution in [0.5, 0.6) is 0 Å². The number of nitrogens with zero attached hydrogens (tertiary/aromatic N) is 1. The Morgan fingerprint density at radius 3 is 2.05 bits per heavy atom. The summed E-state index contributed by atoms with van der Waals surface area (Å²) in [6.07, 6.45) is 2.39. The molecule has 0 radical (unpaired) electrons. The fraction of sp³-hybridized carbons (Fsp3) is 0.360. The number of benzene rings is 1. The van der Waals surface area contributed by atoms with Gasteiger partial charge >= 0.3 is 11.9 Å². The summed E-state index contributed by atoms with van der Waals surface area (Å²) in [5.74, 6) is -4.66. The molecular weight excluding hydrogens is 505 g/mol. The van der Waals surface area contributed by atoms with Crippen molar-refractivity contribution in [2.75, 3.05) is 5.75 Å². The van der Waals surface area contributed by atoms with E-state index in [1.54, 1.807) is 19.1 Å². The van der Waals surface area contributed by atoms with Crippen molar-refractivity contribution >= 4 is 41.3 Å². The Balaban J connectivity index is 0.00000684. The van der Waals surface area contributed by atoms with Gasteiger partial charge in [0, 0.05) is 18.1 Å². The van der Waals surface area contributed by atoms with Gasteiger partial charge in [-0.3, -0.25) is 24.2 Å². The van der Waals surface area contributed by atoms with E-state index >= 15 is 0 Å². The number of carbonyl (C=O) groups excluding carboxylic acids is 3. The normalized spacial score (nSPS) is 11.9. The number of carboxylic acid groups (broad SMARTS) is 2. The Hall–Kier alpha value is -3.80. The number of carboxylic acids is 2. The molecule has 1 aromatic heterocycles. The van der Waals surface area contributed by atoms with Crippen LogP contribution in [0.3, 0.4) is 0 Å². The third-order valence-corrected chi connectivity index (χ3v) is 5.97. The van der Waals surface area contributed by atoms with Crippen molar-refractivity contribution in [3.8, 4) is 0 Å². The van der Waals surface area contributed by atoms with Crippen LogP contribution in [0.1, 0.15) is 59.9 Å². The van der Waals surface area contributed by atoms with Crippen LogP contribution >= 0.6 is 11.8 Å². The minimum atomic E-state index is -1.32. The molecule has 0 saturated heterocycles. The molecule has 0 bridgehead atoms. The molecule has 2 rings (SSSR count). The monoisotopic (exact) mass is 535 g/mol. The van der Waals surface area contributed by atoms with Crippen LogP contribution in [-0.2, 0) is 20.1 Å². The highest BCUT2D eigenvalue weighted by Crippen LogP contribution is 2.14. The van der Waals surface area contributed by atoms with Crippen LogP contribution in [0.2, 0.25) is 0 Å². The number of rotatable bonds is 14. The van der Waals surface area contributed by atoms with E-state index in [4.69, 9.17) is 0 Å². The number of aromatic nitrogens is 1. The third kappa shape index (κ3) is 10.4. The van der Waals surface area contributed by atoms with Crippen molar-refractivity contribution < 1.29 is 38.6 Å². The number of halogens is 1. The average molecular weight is 536 g/mol. The average Bonchev–Trinajstić information content (AvgIpc) is 2.84. The zero-order chi connectivity index (χ0) is 26.7. The SMILES string of the molecule is C.CCCC(NC(=O)c1cncc(C(=O)N[C@@H](CC(=O)O)C(=O)CSCc2ccc(F)cc2)c1)C(=O)O. The maximum Gasteiger partial charge on any atom is 0.326 e. The standard InChI is InChI=1S/C24H26FN3O7S.CH4/c1-2-3-18(24(34)35)27-22(32)15-8-16(11-26-10-15)23(33)28-19(9-21(30)31)20(29)13-36-12-14-4-6-17(25)7-5-14;/h4-8,10-11,18-19H,2-3,9,12-13H2,1H3,(H,27,32)(H,28,33)(H,30,31)(H,34,35);1H4/t18?,19-;/m0./s1. The highest BCUT2D eigenvalue weighted by Gasteiger charge is 2.25. The highest BCUT2D eigenvalue weighted by atomic mass is 32.2. The van der Waals surface area contributed by atoms with Crippen LogP contribution < -0.4 is 10.6 Å². The summed E-state index contributed by atoms with van der Waals surface area (Å²) >= 11 is 1.19. The van der Waals surface area contributed by atoms with Gasteiger partial charge < -0.3 is 20.8 Å². The zero-order valence-corrected chi connectivity index (χ0v) is 20.2. The zero-order valence-electron chi connectivity index (χ0n) is 19.4. The molecule has 37 heavy (non-hydrogen) atoms. The van der Waals surface area contributed by atoms with Crippen LogP contribution in [0.25, 0.3) is 0 Å². The van der Waals surface area contributed by atoms with Gasteiger partial charge in [0.2, 0.25) is 0 Å². The third-order valence-electron chi connectivity index (χ3n) is 4.94. The molecule has 1 aromatic carbocycles. The number of Topliss-reactive ketones (excluding diaryl/α,β-unsaturated/α-hetero) is 1. The lowest BCUT2D eigenvalue weighted by Crippen LogP contribution is -2.43.